The van der Waals surface area contributed by atoms with E-state index in [0.717, 1.165) is 39.2 Å². The van der Waals surface area contributed by atoms with E-state index in [1.54, 1.807) is 23.9 Å². The minimum atomic E-state index is -0.0333. The van der Waals surface area contributed by atoms with Crippen molar-refractivity contribution in [3.63, 3.8) is 0 Å². The van der Waals surface area contributed by atoms with Gasteiger partial charge in [0.2, 0.25) is 0 Å². The van der Waals surface area contributed by atoms with Gasteiger partial charge in [0.1, 0.15) is 0 Å². The molecule has 0 saturated carbocycles. The molecule has 0 unspecified atom stereocenters. The van der Waals surface area contributed by atoms with Gasteiger partial charge in [-0.3, -0.25) is 9.69 Å². The molecule has 2 aromatic carbocycles. The van der Waals surface area contributed by atoms with E-state index in [4.69, 9.17) is 4.98 Å². The second kappa shape index (κ2) is 10.2. The number of carbonyl (C=O) groups excluding carboxylic acids is 1. The summed E-state index contributed by atoms with van der Waals surface area (Å²) in [4.78, 5) is 24.1. The third-order valence-electron chi connectivity index (χ3n) is 4.78. The summed E-state index contributed by atoms with van der Waals surface area (Å²) in [7, 11) is 0. The highest BCUT2D eigenvalue weighted by Gasteiger charge is 2.22. The molecule has 4 rings (SSSR count). The summed E-state index contributed by atoms with van der Waals surface area (Å²) < 4.78 is 4.02. The van der Waals surface area contributed by atoms with Crippen molar-refractivity contribution >= 4 is 60.9 Å². The quantitative estimate of drug-likeness (QED) is 0.311. The third kappa shape index (κ3) is 4.91. The number of hydrogen-bond acceptors (Lipinski definition) is 4. The number of rotatable bonds is 7. The molecule has 0 fully saturated rings. The maximum atomic E-state index is 13.4. The van der Waals surface area contributed by atoms with Crippen molar-refractivity contribution in [3.05, 3.63) is 76.8 Å². The highest BCUT2D eigenvalue weighted by atomic mass is 79.9. The monoisotopic (exact) mass is 504 g/mol. The predicted molar refractivity (Wildman–Crippen MR) is 129 cm³/mol. The topological polar surface area (TPSA) is 51.0 Å². The third-order valence-corrected chi connectivity index (χ3v) is 6.31. The number of imidazole rings is 1. The van der Waals surface area contributed by atoms with Crippen molar-refractivity contribution in [2.24, 2.45) is 0 Å². The number of carbonyl (C=O) groups is 1. The first kappa shape index (κ1) is 22.5. The van der Waals surface area contributed by atoms with Crippen LogP contribution in [-0.2, 0) is 13.0 Å². The molecule has 0 spiro atoms. The van der Waals surface area contributed by atoms with Gasteiger partial charge in [0, 0.05) is 35.5 Å². The molecule has 1 amide bonds. The van der Waals surface area contributed by atoms with E-state index in [0.29, 0.717) is 12.1 Å². The first-order valence-electron chi connectivity index (χ1n) is 9.57. The smallest absolute Gasteiger partial charge is 0.260 e. The molecule has 4 aromatic rings. The maximum absolute atomic E-state index is 13.4. The van der Waals surface area contributed by atoms with Crippen molar-refractivity contribution in [2.75, 3.05) is 11.4 Å². The molecule has 0 N–H and O–H groups in total. The Morgan fingerprint density at radius 3 is 2.80 bits per heavy atom. The summed E-state index contributed by atoms with van der Waals surface area (Å²) in [6, 6.07) is 13.7. The van der Waals surface area contributed by atoms with E-state index < -0.39 is 0 Å². The number of amides is 1. The van der Waals surface area contributed by atoms with Crippen LogP contribution in [0.25, 0.3) is 10.2 Å². The highest BCUT2D eigenvalue weighted by molar-refractivity contribution is 9.10. The largest absolute Gasteiger partial charge is 0.337 e. The molecule has 0 atom stereocenters. The summed E-state index contributed by atoms with van der Waals surface area (Å²) >= 11 is 5.04. The van der Waals surface area contributed by atoms with Crippen LogP contribution in [0.2, 0.25) is 0 Å². The molecule has 2 heterocycles. The molecule has 0 bridgehead atoms. The number of aromatic nitrogens is 3. The molecule has 5 nitrogen and oxygen atoms in total. The van der Waals surface area contributed by atoms with Crippen LogP contribution in [0.3, 0.4) is 0 Å². The highest BCUT2D eigenvalue weighted by Crippen LogP contribution is 2.32. The van der Waals surface area contributed by atoms with E-state index in [-0.39, 0.29) is 18.3 Å². The molecule has 30 heavy (non-hydrogen) atoms. The summed E-state index contributed by atoms with van der Waals surface area (Å²) in [5.74, 6) is -0.0333. The zero-order valence-electron chi connectivity index (χ0n) is 16.5. The average molecular weight is 506 g/mol. The molecular weight excluding hydrogens is 484 g/mol. The van der Waals surface area contributed by atoms with E-state index in [1.165, 1.54) is 5.56 Å². The average Bonchev–Trinajstić information content (AvgIpc) is 3.40. The number of benzene rings is 2. The Bertz CT molecular complexity index is 1130. The van der Waals surface area contributed by atoms with E-state index >= 15 is 0 Å². The number of fused-ring (bicyclic) bond motifs is 1. The van der Waals surface area contributed by atoms with Crippen molar-refractivity contribution in [1.29, 1.82) is 0 Å². The number of halogens is 2. The maximum Gasteiger partial charge on any atom is 0.260 e. The van der Waals surface area contributed by atoms with Crippen molar-refractivity contribution < 1.29 is 4.79 Å². The molecule has 8 heteroatoms. The molecule has 0 aliphatic heterocycles. The van der Waals surface area contributed by atoms with E-state index in [2.05, 4.69) is 46.0 Å². The van der Waals surface area contributed by atoms with Crippen LogP contribution in [0, 0.1) is 0 Å². The van der Waals surface area contributed by atoms with Crippen molar-refractivity contribution in [2.45, 2.75) is 26.3 Å². The number of para-hydroxylation sites is 1. The second-order valence-electron chi connectivity index (χ2n) is 6.74. The Kier molecular flexibility index (Phi) is 7.64. The number of hydrogen-bond donors (Lipinski definition) is 0. The van der Waals surface area contributed by atoms with Crippen molar-refractivity contribution in [3.8, 4) is 0 Å². The second-order valence-corrected chi connectivity index (χ2v) is 8.66. The standard InChI is InChI=1S/C22H21BrN4OS.ClH/c1-2-16-6-4-9-19-20(16)25-22(29-19)27(12-5-11-26-13-10-24-15-26)21(28)17-7-3-8-18(23)14-17;/h3-4,6-10,13-15H,2,5,11-12H2,1H3;1H. The summed E-state index contributed by atoms with van der Waals surface area (Å²) in [6.07, 6.45) is 7.23. The lowest BCUT2D eigenvalue weighted by Gasteiger charge is -2.20. The zero-order valence-corrected chi connectivity index (χ0v) is 19.7. The Balaban J connectivity index is 0.00000256. The van der Waals surface area contributed by atoms with Gasteiger partial charge in [0.15, 0.2) is 5.13 Å². The Morgan fingerprint density at radius 1 is 1.23 bits per heavy atom. The van der Waals surface area contributed by atoms with Gasteiger partial charge in [0.25, 0.3) is 5.91 Å². The molecular formula is C22H22BrClN4OS. The lowest BCUT2D eigenvalue weighted by Crippen LogP contribution is -2.32. The van der Waals surface area contributed by atoms with Crippen LogP contribution in [0.5, 0.6) is 0 Å². The molecule has 156 valence electrons. The van der Waals surface area contributed by atoms with Gasteiger partial charge >= 0.3 is 0 Å². The molecule has 0 aliphatic carbocycles. The Labute approximate surface area is 194 Å². The fraction of sp³-hybridized carbons (Fsp3) is 0.227. The van der Waals surface area contributed by atoms with Gasteiger partial charge in [-0.2, -0.15) is 0 Å². The first-order chi connectivity index (χ1) is 14.2. The van der Waals surface area contributed by atoms with Crippen LogP contribution >= 0.6 is 39.7 Å². The zero-order chi connectivity index (χ0) is 20.2. The SMILES string of the molecule is CCc1cccc2sc(N(CCCn3ccnc3)C(=O)c3cccc(Br)c3)nc12.Cl. The molecule has 0 radical (unpaired) electrons. The summed E-state index contributed by atoms with van der Waals surface area (Å²) in [5.41, 5.74) is 2.85. The van der Waals surface area contributed by atoms with Gasteiger partial charge in [-0.1, -0.05) is 52.4 Å². The van der Waals surface area contributed by atoms with Gasteiger partial charge in [-0.15, -0.1) is 12.4 Å². The van der Waals surface area contributed by atoms with Gasteiger partial charge < -0.3 is 4.57 Å². The summed E-state index contributed by atoms with van der Waals surface area (Å²) in [5, 5.41) is 0.747. The fourth-order valence-corrected chi connectivity index (χ4v) is 4.72. The number of aryl methyl sites for hydroxylation is 2. The number of nitrogens with zero attached hydrogens (tertiary/aromatic N) is 4. The Hall–Kier alpha value is -2.22. The Morgan fingerprint density at radius 2 is 2.07 bits per heavy atom. The number of thiazole rings is 1. The number of anilines is 1. The minimum absolute atomic E-state index is 0. The molecule has 0 saturated heterocycles. The summed E-state index contributed by atoms with van der Waals surface area (Å²) in [6.45, 7) is 3.52. The molecule has 2 aromatic heterocycles. The first-order valence-corrected chi connectivity index (χ1v) is 11.2. The van der Waals surface area contributed by atoms with Crippen molar-refractivity contribution in [1.82, 2.24) is 14.5 Å². The van der Waals surface area contributed by atoms with Crippen LogP contribution in [0.4, 0.5) is 5.13 Å². The van der Waals surface area contributed by atoms with Gasteiger partial charge in [-0.05, 0) is 42.7 Å². The van der Waals surface area contributed by atoms with Crippen LogP contribution in [0.1, 0.15) is 29.3 Å². The van der Waals surface area contributed by atoms with Crippen LogP contribution in [0.15, 0.2) is 65.7 Å². The van der Waals surface area contributed by atoms with Crippen LogP contribution in [-0.4, -0.2) is 27.0 Å². The van der Waals surface area contributed by atoms with Crippen LogP contribution < -0.4 is 4.90 Å². The normalized spacial score (nSPS) is 10.7. The minimum Gasteiger partial charge on any atom is -0.337 e. The lowest BCUT2D eigenvalue weighted by atomic mass is 10.1. The predicted octanol–water partition coefficient (Wildman–Crippen LogP) is 5.98. The fourth-order valence-electron chi connectivity index (χ4n) is 3.29. The van der Waals surface area contributed by atoms with Gasteiger partial charge in [0.05, 0.1) is 16.5 Å². The van der Waals surface area contributed by atoms with E-state index in [9.17, 15) is 4.79 Å². The molecule has 0 aliphatic rings. The van der Waals surface area contributed by atoms with E-state index in [1.807, 2.05) is 39.9 Å². The lowest BCUT2D eigenvalue weighted by molar-refractivity contribution is 0.0986. The van der Waals surface area contributed by atoms with Gasteiger partial charge in [-0.25, -0.2) is 9.97 Å².